The van der Waals surface area contributed by atoms with Crippen molar-refractivity contribution in [3.8, 4) is 0 Å². The monoisotopic (exact) mass is 891 g/mol. The van der Waals surface area contributed by atoms with Crippen LogP contribution in [0, 0.1) is 11.8 Å². The molecule has 1 fully saturated rings. The van der Waals surface area contributed by atoms with Gasteiger partial charge in [0.1, 0.15) is 16.9 Å². The maximum absolute atomic E-state index is 13.1. The Bertz CT molecular complexity index is 1540. The molecule has 7 atom stereocenters. The van der Waals surface area contributed by atoms with Crippen molar-refractivity contribution in [1.82, 2.24) is 30.3 Å². The van der Waals surface area contributed by atoms with Gasteiger partial charge in [-0.25, -0.2) is 9.78 Å². The summed E-state index contributed by atoms with van der Waals surface area (Å²) in [6.07, 6.45) is 8.30. The van der Waals surface area contributed by atoms with Crippen molar-refractivity contribution in [3.63, 3.8) is 0 Å². The van der Waals surface area contributed by atoms with Crippen LogP contribution in [-0.4, -0.2) is 134 Å². The van der Waals surface area contributed by atoms with Gasteiger partial charge in [-0.2, -0.15) is 0 Å². The van der Waals surface area contributed by atoms with Gasteiger partial charge >= 0.3 is 6.09 Å². The van der Waals surface area contributed by atoms with E-state index in [0.717, 1.165) is 55.5 Å². The van der Waals surface area contributed by atoms with Crippen molar-refractivity contribution < 1.29 is 38.2 Å². The highest BCUT2D eigenvalue weighted by atomic mass is 32.1. The van der Waals surface area contributed by atoms with Crippen molar-refractivity contribution in [2.45, 2.75) is 156 Å². The zero-order valence-electron chi connectivity index (χ0n) is 40.9. The molecule has 0 bridgehead atoms. The van der Waals surface area contributed by atoms with Gasteiger partial charge in [0.15, 0.2) is 0 Å². The Balaban J connectivity index is 0.000000941. The van der Waals surface area contributed by atoms with E-state index in [2.05, 4.69) is 62.4 Å². The number of benzene rings is 1. The second kappa shape index (κ2) is 30.2. The highest BCUT2D eigenvalue weighted by Gasteiger charge is 2.38. The van der Waals surface area contributed by atoms with E-state index < -0.39 is 17.2 Å². The number of carbonyl (C=O) groups is 5. The van der Waals surface area contributed by atoms with Crippen LogP contribution < -0.4 is 10.6 Å². The number of aromatic nitrogens is 1. The fourth-order valence-electron chi connectivity index (χ4n) is 6.78. The lowest BCUT2D eigenvalue weighted by Gasteiger charge is -2.37. The van der Waals surface area contributed by atoms with Crippen LogP contribution >= 0.6 is 11.3 Å². The first-order valence-corrected chi connectivity index (χ1v) is 22.9. The van der Waals surface area contributed by atoms with Gasteiger partial charge in [0.2, 0.25) is 18.2 Å². The van der Waals surface area contributed by atoms with E-state index in [1.807, 2.05) is 42.5 Å². The first-order valence-electron chi connectivity index (χ1n) is 22.0. The first kappa shape index (κ1) is 58.1. The smallest absolute Gasteiger partial charge is 0.410 e. The minimum absolute atomic E-state index is 0.0595. The number of likely N-dealkylation sites (tertiary alicyclic amines) is 1. The molecule has 0 spiro atoms. The molecule has 2 heterocycles. The molecule has 4 amide bonds. The third-order valence-electron chi connectivity index (χ3n) is 10.7. The second-order valence-electron chi connectivity index (χ2n) is 17.3. The summed E-state index contributed by atoms with van der Waals surface area (Å²) in [6, 6.07) is 9.96. The van der Waals surface area contributed by atoms with Gasteiger partial charge in [-0.05, 0) is 78.8 Å². The van der Waals surface area contributed by atoms with Crippen LogP contribution in [0.2, 0.25) is 0 Å². The highest BCUT2D eigenvalue weighted by molar-refractivity contribution is 7.09. The van der Waals surface area contributed by atoms with Gasteiger partial charge in [-0.3, -0.25) is 19.3 Å². The first-order chi connectivity index (χ1) is 29.2. The molecule has 0 aliphatic carbocycles. The maximum atomic E-state index is 13.1. The lowest BCUT2D eigenvalue weighted by molar-refractivity contribution is -0.135. The number of methoxy groups -OCH3 is 2. The zero-order valence-corrected chi connectivity index (χ0v) is 41.7. The maximum Gasteiger partial charge on any atom is 0.410 e. The van der Waals surface area contributed by atoms with E-state index in [-0.39, 0.29) is 48.1 Å². The van der Waals surface area contributed by atoms with E-state index in [4.69, 9.17) is 14.2 Å². The van der Waals surface area contributed by atoms with Gasteiger partial charge in [0.05, 0.1) is 48.3 Å². The third kappa shape index (κ3) is 20.1. The van der Waals surface area contributed by atoms with E-state index in [1.54, 1.807) is 74.0 Å². The number of likely N-dealkylation sites (N-methyl/N-ethyl adjacent to an activating group) is 3. The van der Waals surface area contributed by atoms with Gasteiger partial charge in [0.25, 0.3) is 0 Å². The number of hydrogen-bond acceptors (Lipinski definition) is 11. The Morgan fingerprint density at radius 2 is 1.60 bits per heavy atom. The Labute approximate surface area is 378 Å². The largest absolute Gasteiger partial charge is 0.444 e. The number of amides is 4. The van der Waals surface area contributed by atoms with Crippen molar-refractivity contribution >= 4 is 41.9 Å². The van der Waals surface area contributed by atoms with Crippen molar-refractivity contribution in [2.75, 3.05) is 48.5 Å². The number of nitrogens with zero attached hydrogens (tertiary/aromatic N) is 4. The number of nitrogens with one attached hydrogen (secondary N) is 2. The Morgan fingerprint density at radius 3 is 2.05 bits per heavy atom. The predicted molar refractivity (Wildman–Crippen MR) is 250 cm³/mol. The Morgan fingerprint density at radius 1 is 0.984 bits per heavy atom. The number of rotatable bonds is 19. The molecule has 1 aromatic heterocycles. The molecule has 7 unspecified atom stereocenters. The molecule has 2 N–H and O–H groups in total. The molecular weight excluding hydrogens is 809 g/mol. The molecular formula is C47H82N6O8S. The molecule has 3 rings (SSSR count). The lowest BCUT2D eigenvalue weighted by atomic mass is 9.91. The van der Waals surface area contributed by atoms with E-state index in [9.17, 15) is 24.0 Å². The minimum Gasteiger partial charge on any atom is -0.444 e. The van der Waals surface area contributed by atoms with Crippen molar-refractivity contribution in [2.24, 2.45) is 11.8 Å². The summed E-state index contributed by atoms with van der Waals surface area (Å²) in [5, 5.41) is 8.87. The van der Waals surface area contributed by atoms with E-state index in [1.165, 1.54) is 22.7 Å². The van der Waals surface area contributed by atoms with Crippen LogP contribution in [-0.2, 0) is 39.8 Å². The van der Waals surface area contributed by atoms with Crippen molar-refractivity contribution in [1.29, 1.82) is 0 Å². The van der Waals surface area contributed by atoms with Crippen LogP contribution in [0.1, 0.15) is 125 Å². The van der Waals surface area contributed by atoms with E-state index >= 15 is 0 Å². The quantitative estimate of drug-likeness (QED) is 0.135. The molecule has 1 aliphatic heterocycles. The number of hydrogen-bond donors (Lipinski definition) is 2. The number of aldehydes is 1. The summed E-state index contributed by atoms with van der Waals surface area (Å²) in [4.78, 5) is 67.8. The summed E-state index contributed by atoms with van der Waals surface area (Å²) in [5.41, 5.74) is -0.228. The second-order valence-corrected chi connectivity index (χ2v) is 18.2. The SMILES string of the molecule is CCC.CCC(C)C(C(CC)OC)N(C)C(=O)CNC.CN(C(=O)OC(C)(C)C)C(C)(C)C=O.COC(C(C)C(=O)NC(Cc1ccccc1)c1nccs1)C1CCCN1C=O. The number of ether oxygens (including phenoxy) is 3. The summed E-state index contributed by atoms with van der Waals surface area (Å²) < 4.78 is 16.3. The van der Waals surface area contributed by atoms with Gasteiger partial charge in [-0.15, -0.1) is 11.3 Å². The lowest BCUT2D eigenvalue weighted by Crippen LogP contribution is -2.50. The van der Waals surface area contributed by atoms with E-state index in [0.29, 0.717) is 18.9 Å². The standard InChI is InChI=1S/C21H27N3O3S.C13H28N2O2.C10H19NO3.C3H8/c1-15(19(27-2)18-9-6-11-24(18)14-25)20(26)23-17(21-22-10-12-28-21)13-16-7-4-3-5-8-16;1-7-10(3)13(11(8-2)17-6)15(5)12(16)9-14-4;1-9(2,3)14-8(13)11(6)10(4,5)7-12;1-3-2/h3-5,7-8,10,12,14-15,17-19H,6,9,11,13H2,1-2H3,(H,23,26);10-11,13-14H,7-9H2,1-6H3;7H,1-6H3;3H2,1-2H3. The normalized spacial score (nSPS) is 16.5. The molecule has 0 saturated carbocycles. The van der Waals surface area contributed by atoms with Crippen molar-refractivity contribution in [3.05, 3.63) is 52.5 Å². The number of carbonyl (C=O) groups excluding carboxylic acids is 5. The average Bonchev–Trinajstić information content (AvgIpc) is 3.96. The summed E-state index contributed by atoms with van der Waals surface area (Å²) in [5.74, 6) is 0.0912. The molecule has 354 valence electrons. The molecule has 0 radical (unpaired) electrons. The average molecular weight is 891 g/mol. The van der Waals surface area contributed by atoms with Crippen LogP contribution in [0.3, 0.4) is 0 Å². The summed E-state index contributed by atoms with van der Waals surface area (Å²) >= 11 is 1.54. The molecule has 1 aliphatic rings. The Kier molecular flexibility index (Phi) is 28.3. The molecule has 1 aromatic carbocycles. The van der Waals surface area contributed by atoms with Crippen LogP contribution in [0.5, 0.6) is 0 Å². The van der Waals surface area contributed by atoms with Crippen LogP contribution in [0.4, 0.5) is 4.79 Å². The van der Waals surface area contributed by atoms with Crippen LogP contribution in [0.15, 0.2) is 41.9 Å². The molecule has 2 aromatic rings. The molecule has 1 saturated heterocycles. The third-order valence-corrected chi connectivity index (χ3v) is 11.6. The number of thiazole rings is 1. The Hall–Kier alpha value is -3.92. The fraction of sp³-hybridized carbons (Fsp3) is 0.702. The van der Waals surface area contributed by atoms with Gasteiger partial charge in [0, 0.05) is 46.4 Å². The summed E-state index contributed by atoms with van der Waals surface area (Å²) in [6.45, 7) is 22.3. The van der Waals surface area contributed by atoms with Gasteiger partial charge < -0.3 is 39.4 Å². The fourth-order valence-corrected chi connectivity index (χ4v) is 7.46. The van der Waals surface area contributed by atoms with Gasteiger partial charge in [-0.1, -0.05) is 84.7 Å². The zero-order chi connectivity index (χ0) is 47.6. The predicted octanol–water partition coefficient (Wildman–Crippen LogP) is 7.57. The topological polar surface area (TPSA) is 160 Å². The molecule has 14 nitrogen and oxygen atoms in total. The molecule has 15 heteroatoms. The molecule has 62 heavy (non-hydrogen) atoms. The van der Waals surface area contributed by atoms with Crippen LogP contribution in [0.25, 0.3) is 0 Å². The highest BCUT2D eigenvalue weighted by Crippen LogP contribution is 2.27. The minimum atomic E-state index is -0.831. The summed E-state index contributed by atoms with van der Waals surface area (Å²) in [7, 11) is 8.54.